The van der Waals surface area contributed by atoms with E-state index in [-0.39, 0.29) is 16.3 Å². The maximum Gasteiger partial charge on any atom is 0.254 e. The van der Waals surface area contributed by atoms with E-state index in [1.807, 2.05) is 6.07 Å². The topological polar surface area (TPSA) is 140 Å². The molecule has 0 fully saturated rings. The number of carbonyl (C=O) groups excluding carboxylic acids is 1. The van der Waals surface area contributed by atoms with Crippen LogP contribution in [0, 0.1) is 5.82 Å². The fourth-order valence-corrected chi connectivity index (χ4v) is 4.48. The molecule has 11 heteroatoms. The number of aliphatic hydroxyl groups is 1. The summed E-state index contributed by atoms with van der Waals surface area (Å²) in [6.07, 6.45) is 4.31. The van der Waals surface area contributed by atoms with Gasteiger partial charge in [-0.1, -0.05) is 18.2 Å². The number of benzene rings is 2. The number of hydrogen-bond acceptors (Lipinski definition) is 7. The first-order valence-electron chi connectivity index (χ1n) is 10.8. The van der Waals surface area contributed by atoms with Crippen LogP contribution >= 0.6 is 0 Å². The highest BCUT2D eigenvalue weighted by Crippen LogP contribution is 2.30. The molecule has 36 heavy (non-hydrogen) atoms. The zero-order valence-corrected chi connectivity index (χ0v) is 20.3. The summed E-state index contributed by atoms with van der Waals surface area (Å²) in [4.78, 5) is 17.1. The normalized spacial score (nSPS) is 12.3. The van der Waals surface area contributed by atoms with E-state index in [1.54, 1.807) is 42.3 Å². The average molecular weight is 510 g/mol. The van der Waals surface area contributed by atoms with E-state index in [4.69, 9.17) is 5.73 Å². The first-order chi connectivity index (χ1) is 17.1. The predicted molar refractivity (Wildman–Crippen MR) is 133 cm³/mol. The molecule has 1 atom stereocenters. The highest BCUT2D eigenvalue weighted by atomic mass is 32.2. The van der Waals surface area contributed by atoms with Crippen molar-refractivity contribution in [1.82, 2.24) is 20.1 Å². The molecule has 0 spiro atoms. The average Bonchev–Trinajstić information content (AvgIpc) is 3.28. The molecule has 4 aromatic rings. The standard InChI is InChI=1S/C25H24FN5O4S/c1-31-23(8-9-29-31)17-11-20(24(27)28-13-17)15-6-7-19(21(26)12-15)25(33)30-22(14-32)16-4-3-5-18(10-16)36(2,34)35/h3-13,22,32H,14H2,1-2H3,(H2,27,28)(H,30,33)/t22-/m1/s1. The van der Waals surface area contributed by atoms with Crippen molar-refractivity contribution in [3.05, 3.63) is 83.9 Å². The second kappa shape index (κ2) is 9.88. The second-order valence-corrected chi connectivity index (χ2v) is 10.3. The predicted octanol–water partition coefficient (Wildman–Crippen LogP) is 2.74. The number of amides is 1. The van der Waals surface area contributed by atoms with Gasteiger partial charge < -0.3 is 16.2 Å². The van der Waals surface area contributed by atoms with Crippen LogP contribution in [0.3, 0.4) is 0 Å². The minimum atomic E-state index is -3.48. The Balaban J connectivity index is 1.60. The Labute approximate surface area is 207 Å². The first-order valence-corrected chi connectivity index (χ1v) is 12.7. The molecule has 186 valence electrons. The van der Waals surface area contributed by atoms with Crippen LogP contribution < -0.4 is 11.1 Å². The van der Waals surface area contributed by atoms with E-state index in [0.717, 1.165) is 17.5 Å². The third-order valence-electron chi connectivity index (χ3n) is 5.74. The highest BCUT2D eigenvalue weighted by Gasteiger charge is 2.20. The summed E-state index contributed by atoms with van der Waals surface area (Å²) in [5.74, 6) is -1.36. The third-order valence-corrected chi connectivity index (χ3v) is 6.85. The summed E-state index contributed by atoms with van der Waals surface area (Å²) < 4.78 is 40.4. The summed E-state index contributed by atoms with van der Waals surface area (Å²) in [6.45, 7) is -0.512. The fraction of sp³-hybridized carbons (Fsp3) is 0.160. The molecule has 0 aliphatic rings. The van der Waals surface area contributed by atoms with Gasteiger partial charge >= 0.3 is 0 Å². The van der Waals surface area contributed by atoms with Crippen LogP contribution in [0.1, 0.15) is 22.0 Å². The molecular weight excluding hydrogens is 485 g/mol. The van der Waals surface area contributed by atoms with Gasteiger partial charge in [-0.25, -0.2) is 17.8 Å². The Kier molecular flexibility index (Phi) is 6.86. The van der Waals surface area contributed by atoms with Gasteiger partial charge in [0.25, 0.3) is 5.91 Å². The number of sulfone groups is 1. The van der Waals surface area contributed by atoms with Crippen molar-refractivity contribution in [3.63, 3.8) is 0 Å². The summed E-state index contributed by atoms with van der Waals surface area (Å²) in [6, 6.07) is 12.6. The SMILES string of the molecule is Cn1nccc1-c1cnc(N)c(-c2ccc(C(=O)N[C@H](CO)c3cccc(S(C)(=O)=O)c3)c(F)c2)c1. The van der Waals surface area contributed by atoms with Crippen LogP contribution in [-0.2, 0) is 16.9 Å². The van der Waals surface area contributed by atoms with E-state index in [9.17, 15) is 18.3 Å². The Morgan fingerprint density at radius 1 is 1.17 bits per heavy atom. The summed E-state index contributed by atoms with van der Waals surface area (Å²) in [5, 5.41) is 16.5. The summed E-state index contributed by atoms with van der Waals surface area (Å²) in [7, 11) is -1.70. The molecule has 0 saturated carbocycles. The van der Waals surface area contributed by atoms with E-state index in [1.165, 1.54) is 30.3 Å². The van der Waals surface area contributed by atoms with Crippen molar-refractivity contribution in [2.24, 2.45) is 7.05 Å². The molecular formula is C25H24FN5O4S. The quantitative estimate of drug-likeness (QED) is 0.348. The van der Waals surface area contributed by atoms with Crippen LogP contribution in [0.5, 0.6) is 0 Å². The second-order valence-electron chi connectivity index (χ2n) is 8.24. The van der Waals surface area contributed by atoms with Gasteiger partial charge in [0, 0.05) is 36.8 Å². The van der Waals surface area contributed by atoms with Gasteiger partial charge in [-0.05, 0) is 47.5 Å². The number of nitrogen functional groups attached to an aromatic ring is 1. The maximum absolute atomic E-state index is 15.1. The molecule has 0 aliphatic heterocycles. The molecule has 2 aromatic heterocycles. The number of rotatable bonds is 7. The van der Waals surface area contributed by atoms with Crippen LogP contribution in [0.15, 0.2) is 71.9 Å². The number of nitrogens with two attached hydrogens (primary N) is 1. The highest BCUT2D eigenvalue weighted by molar-refractivity contribution is 7.90. The number of aryl methyl sites for hydroxylation is 1. The molecule has 0 unspecified atom stereocenters. The smallest absolute Gasteiger partial charge is 0.254 e. The number of aliphatic hydroxyl groups excluding tert-OH is 1. The van der Waals surface area contributed by atoms with E-state index in [2.05, 4.69) is 15.4 Å². The van der Waals surface area contributed by atoms with Crippen molar-refractivity contribution in [3.8, 4) is 22.4 Å². The van der Waals surface area contributed by atoms with Gasteiger partial charge in [0.1, 0.15) is 11.6 Å². The van der Waals surface area contributed by atoms with Crippen molar-refractivity contribution >= 4 is 21.6 Å². The number of carbonyl (C=O) groups is 1. The van der Waals surface area contributed by atoms with Crippen LogP contribution in [0.2, 0.25) is 0 Å². The largest absolute Gasteiger partial charge is 0.394 e. The molecule has 9 nitrogen and oxygen atoms in total. The molecule has 0 aliphatic carbocycles. The summed E-state index contributed by atoms with van der Waals surface area (Å²) >= 11 is 0. The Hall–Kier alpha value is -4.09. The van der Waals surface area contributed by atoms with Crippen molar-refractivity contribution in [1.29, 1.82) is 0 Å². The molecule has 4 rings (SSSR count). The first kappa shape index (κ1) is 25.0. The molecule has 0 bridgehead atoms. The molecule has 2 aromatic carbocycles. The molecule has 0 saturated heterocycles. The number of aromatic nitrogens is 3. The number of halogens is 1. The van der Waals surface area contributed by atoms with Gasteiger partial charge in [-0.2, -0.15) is 5.10 Å². The lowest BCUT2D eigenvalue weighted by Gasteiger charge is -2.18. The zero-order valence-electron chi connectivity index (χ0n) is 19.5. The lowest BCUT2D eigenvalue weighted by molar-refractivity contribution is 0.0912. The Bertz CT molecular complexity index is 1550. The third kappa shape index (κ3) is 5.11. The number of nitrogens with zero attached hydrogens (tertiary/aromatic N) is 3. The number of hydrogen-bond donors (Lipinski definition) is 3. The maximum atomic E-state index is 15.1. The minimum absolute atomic E-state index is 0.0442. The number of anilines is 1. The van der Waals surface area contributed by atoms with Gasteiger partial charge in [0.15, 0.2) is 9.84 Å². The lowest BCUT2D eigenvalue weighted by atomic mass is 10.0. The fourth-order valence-electron chi connectivity index (χ4n) is 3.80. The summed E-state index contributed by atoms with van der Waals surface area (Å²) in [5.41, 5.74) is 8.63. The number of nitrogens with one attached hydrogen (secondary N) is 1. The molecule has 1 amide bonds. The molecule has 0 radical (unpaired) electrons. The minimum Gasteiger partial charge on any atom is -0.394 e. The van der Waals surface area contributed by atoms with Gasteiger partial charge in [-0.15, -0.1) is 0 Å². The van der Waals surface area contributed by atoms with Gasteiger partial charge in [0.05, 0.1) is 28.8 Å². The molecule has 4 N–H and O–H groups in total. The van der Waals surface area contributed by atoms with Crippen LogP contribution in [0.4, 0.5) is 10.2 Å². The van der Waals surface area contributed by atoms with Crippen molar-refractivity contribution in [2.45, 2.75) is 10.9 Å². The Morgan fingerprint density at radius 3 is 2.58 bits per heavy atom. The zero-order chi connectivity index (χ0) is 26.0. The van der Waals surface area contributed by atoms with Crippen LogP contribution in [-0.4, -0.2) is 47.1 Å². The van der Waals surface area contributed by atoms with Crippen LogP contribution in [0.25, 0.3) is 22.4 Å². The van der Waals surface area contributed by atoms with E-state index >= 15 is 4.39 Å². The lowest BCUT2D eigenvalue weighted by Crippen LogP contribution is -2.31. The number of pyridine rings is 1. The van der Waals surface area contributed by atoms with Gasteiger partial charge in [0.2, 0.25) is 0 Å². The van der Waals surface area contributed by atoms with E-state index in [0.29, 0.717) is 16.7 Å². The molecule has 2 heterocycles. The van der Waals surface area contributed by atoms with Crippen molar-refractivity contribution in [2.75, 3.05) is 18.6 Å². The Morgan fingerprint density at radius 2 is 1.94 bits per heavy atom. The van der Waals surface area contributed by atoms with Crippen molar-refractivity contribution < 1.29 is 22.7 Å². The monoisotopic (exact) mass is 509 g/mol. The van der Waals surface area contributed by atoms with Gasteiger partial charge in [-0.3, -0.25) is 9.48 Å². The van der Waals surface area contributed by atoms with E-state index < -0.39 is 34.2 Å².